The highest BCUT2D eigenvalue weighted by Crippen LogP contribution is 2.45. The Labute approximate surface area is 374 Å². The van der Waals surface area contributed by atoms with Crippen molar-refractivity contribution < 1.29 is 32.8 Å². The van der Waals surface area contributed by atoms with Crippen LogP contribution in [0.1, 0.15) is 97.1 Å². The van der Waals surface area contributed by atoms with Gasteiger partial charge in [-0.25, -0.2) is 8.78 Å². The number of nitrogens with one attached hydrogen (secondary N) is 2. The summed E-state index contributed by atoms with van der Waals surface area (Å²) in [6, 6.07) is 11.6. The molecule has 5 aliphatic heterocycles. The minimum Gasteiger partial charge on any atom is -0.360 e. The Bertz CT molecular complexity index is 2720. The fourth-order valence-electron chi connectivity index (χ4n) is 10.7. The third-order valence-corrected chi connectivity index (χ3v) is 14.1. The van der Waals surface area contributed by atoms with Crippen LogP contribution < -0.4 is 20.4 Å². The molecule has 0 radical (unpaired) electrons. The Morgan fingerprint density at radius 1 is 0.877 bits per heavy atom. The predicted molar refractivity (Wildman–Crippen MR) is 239 cm³/mol. The van der Waals surface area contributed by atoms with Gasteiger partial charge in [0.2, 0.25) is 23.6 Å². The van der Waals surface area contributed by atoms with Gasteiger partial charge in [0.1, 0.15) is 12.1 Å². The van der Waals surface area contributed by atoms with E-state index >= 15 is 8.78 Å². The minimum atomic E-state index is -2.72. The van der Waals surface area contributed by atoms with Crippen molar-refractivity contribution >= 4 is 57.6 Å². The zero-order chi connectivity index (χ0) is 45.1. The number of hydrogen-bond acceptors (Lipinski definition) is 9. The molecule has 0 saturated carbocycles. The first-order valence-electron chi connectivity index (χ1n) is 22.7. The molecule has 2 atom stereocenters. The molecular weight excluding hydrogens is 835 g/mol. The number of pyridine rings is 1. The summed E-state index contributed by atoms with van der Waals surface area (Å²) in [6.07, 6.45) is 7.96. The molecule has 3 fully saturated rings. The third-order valence-electron chi connectivity index (χ3n) is 14.1. The number of halogens is 2. The van der Waals surface area contributed by atoms with Crippen LogP contribution >= 0.6 is 0 Å². The second kappa shape index (κ2) is 17.0. The number of rotatable bonds is 8. The lowest BCUT2D eigenvalue weighted by Gasteiger charge is -2.34. The molecule has 5 aliphatic rings. The van der Waals surface area contributed by atoms with Gasteiger partial charge in [0.05, 0.1) is 18.1 Å². The fourth-order valence-corrected chi connectivity index (χ4v) is 10.7. The second-order valence-electron chi connectivity index (χ2n) is 18.0. The SMILES string of the molecule is CC(=O)N1CCc2c(c(N3CCCc4cc(-c5cn(C)c6ccncc56)c(C(F)F)cc43)nn2C2CCN(C(=O)c3ccc(N4CCC[C@H]4C(=O)NC4CCC(=O)NC4=O)cc3)CC2)C1. The normalized spacial score (nSPS) is 20.3. The number of hydrogen-bond donors (Lipinski definition) is 2. The van der Waals surface area contributed by atoms with E-state index < -0.39 is 24.4 Å². The zero-order valence-corrected chi connectivity index (χ0v) is 36.6. The van der Waals surface area contributed by atoms with E-state index in [1.54, 1.807) is 37.5 Å². The molecule has 3 aromatic heterocycles. The molecule has 5 amide bonds. The maximum Gasteiger partial charge on any atom is 0.264 e. The molecular formula is C48H52F2N10O5. The smallest absolute Gasteiger partial charge is 0.264 e. The number of alkyl halides is 2. The van der Waals surface area contributed by atoms with Crippen LogP contribution in [0.15, 0.2) is 61.1 Å². The Morgan fingerprint density at radius 2 is 1.68 bits per heavy atom. The van der Waals surface area contributed by atoms with Gasteiger partial charge in [-0.05, 0) is 98.5 Å². The first-order valence-corrected chi connectivity index (χ1v) is 22.7. The molecule has 3 saturated heterocycles. The summed E-state index contributed by atoms with van der Waals surface area (Å²) < 4.78 is 34.3. The van der Waals surface area contributed by atoms with Gasteiger partial charge in [-0.1, -0.05) is 0 Å². The van der Waals surface area contributed by atoms with E-state index in [0.29, 0.717) is 87.6 Å². The van der Waals surface area contributed by atoms with E-state index in [1.165, 1.54) is 0 Å². The molecule has 15 nitrogen and oxygen atoms in total. The quantitative estimate of drug-likeness (QED) is 0.186. The highest BCUT2D eigenvalue weighted by Gasteiger charge is 2.37. The van der Waals surface area contributed by atoms with Crippen LogP contribution in [0, 0.1) is 0 Å². The van der Waals surface area contributed by atoms with Gasteiger partial charge in [0.25, 0.3) is 12.3 Å². The van der Waals surface area contributed by atoms with Gasteiger partial charge in [-0.15, -0.1) is 0 Å². The average molecular weight is 887 g/mol. The number of aromatic nitrogens is 4. The van der Waals surface area contributed by atoms with Crippen molar-refractivity contribution in [1.82, 2.24) is 39.8 Å². The number of anilines is 3. The largest absolute Gasteiger partial charge is 0.360 e. The second-order valence-corrected chi connectivity index (χ2v) is 18.0. The molecule has 8 heterocycles. The van der Waals surface area contributed by atoms with Crippen molar-refractivity contribution in [1.29, 1.82) is 0 Å². The standard InChI is InChI=1S/C48H52F2N10O5/c1-28(61)57-22-16-40-37(27-57)45(59-19-3-5-30-23-33(34(44(49)50)24-42(30)59)36-26-55(2)39-13-17-51-25-35(36)39)54-60(40)32-14-20-56(21-15-32)48(65)29-7-9-31(10-8-29)58-18-4-6-41(58)47(64)52-38-11-12-43(62)53-46(38)63/h7-10,13,17,23-26,32,38,41,44H,3-6,11-12,14-16,18-22,27H2,1-2H3,(H,52,64)(H,53,62,63)/t38?,41-/m0/s1. The number of aryl methyl sites for hydroxylation is 2. The molecule has 338 valence electrons. The number of nitrogens with zero attached hydrogens (tertiary/aromatic N) is 8. The summed E-state index contributed by atoms with van der Waals surface area (Å²) in [5.41, 5.74) is 7.11. The Kier molecular flexibility index (Phi) is 11.1. The first kappa shape index (κ1) is 42.3. The molecule has 0 spiro atoms. The molecule has 2 aromatic carbocycles. The summed E-state index contributed by atoms with van der Waals surface area (Å²) in [5.74, 6) is -0.491. The highest BCUT2D eigenvalue weighted by molar-refractivity contribution is 6.02. The van der Waals surface area contributed by atoms with E-state index in [2.05, 4.69) is 25.2 Å². The fraction of sp³-hybridized carbons (Fsp3) is 0.438. The van der Waals surface area contributed by atoms with Gasteiger partial charge in [0, 0.05) is 123 Å². The number of piperidine rings is 2. The molecule has 10 rings (SSSR count). The molecule has 2 N–H and O–H groups in total. The van der Waals surface area contributed by atoms with E-state index in [1.807, 2.05) is 56.8 Å². The van der Waals surface area contributed by atoms with Gasteiger partial charge < -0.3 is 29.5 Å². The summed E-state index contributed by atoms with van der Waals surface area (Å²) in [4.78, 5) is 75.8. The number of likely N-dealkylation sites (tertiary alicyclic amines) is 1. The van der Waals surface area contributed by atoms with Crippen LogP contribution in [0.3, 0.4) is 0 Å². The van der Waals surface area contributed by atoms with E-state index in [0.717, 1.165) is 58.2 Å². The number of imide groups is 1. The number of benzene rings is 2. The lowest BCUT2D eigenvalue weighted by atomic mass is 9.91. The number of carbonyl (C=O) groups is 5. The lowest BCUT2D eigenvalue weighted by Crippen LogP contribution is -2.55. The van der Waals surface area contributed by atoms with Crippen molar-refractivity contribution in [2.75, 3.05) is 42.5 Å². The first-order chi connectivity index (χ1) is 31.4. The molecule has 17 heteroatoms. The third kappa shape index (κ3) is 7.77. The molecule has 65 heavy (non-hydrogen) atoms. The van der Waals surface area contributed by atoms with Crippen molar-refractivity contribution in [2.24, 2.45) is 7.05 Å². The van der Waals surface area contributed by atoms with E-state index in [-0.39, 0.29) is 48.1 Å². The van der Waals surface area contributed by atoms with Gasteiger partial charge in [-0.2, -0.15) is 5.10 Å². The van der Waals surface area contributed by atoms with Crippen LogP contribution in [0.5, 0.6) is 0 Å². The van der Waals surface area contributed by atoms with E-state index in [4.69, 9.17) is 5.10 Å². The maximum atomic E-state index is 15.1. The minimum absolute atomic E-state index is 0.00513. The van der Waals surface area contributed by atoms with Crippen molar-refractivity contribution in [3.8, 4) is 11.1 Å². The summed E-state index contributed by atoms with van der Waals surface area (Å²) in [6.45, 7) is 4.78. The Balaban J connectivity index is 0.867. The number of fused-ring (bicyclic) bond motifs is 3. The van der Waals surface area contributed by atoms with E-state index in [9.17, 15) is 24.0 Å². The number of amides is 5. The Morgan fingerprint density at radius 3 is 2.43 bits per heavy atom. The summed E-state index contributed by atoms with van der Waals surface area (Å²) >= 11 is 0. The van der Waals surface area contributed by atoms with Crippen LogP contribution in [0.25, 0.3) is 22.0 Å². The summed E-state index contributed by atoms with van der Waals surface area (Å²) in [7, 11) is 1.91. The zero-order valence-electron chi connectivity index (χ0n) is 36.6. The molecule has 1 unspecified atom stereocenters. The topological polar surface area (TPSA) is 158 Å². The van der Waals surface area contributed by atoms with Gasteiger partial charge in [-0.3, -0.25) is 39.0 Å². The van der Waals surface area contributed by atoms with Crippen molar-refractivity contribution in [3.05, 3.63) is 89.0 Å². The summed E-state index contributed by atoms with van der Waals surface area (Å²) in [5, 5.41) is 11.2. The van der Waals surface area contributed by atoms with Crippen LogP contribution in [0.4, 0.5) is 26.0 Å². The lowest BCUT2D eigenvalue weighted by molar-refractivity contribution is -0.137. The molecule has 5 aromatic rings. The van der Waals surface area contributed by atoms with Gasteiger partial charge in [0.15, 0.2) is 5.82 Å². The van der Waals surface area contributed by atoms with Crippen molar-refractivity contribution in [2.45, 2.75) is 95.8 Å². The van der Waals surface area contributed by atoms with Gasteiger partial charge >= 0.3 is 0 Å². The Hall–Kier alpha value is -6.65. The van der Waals surface area contributed by atoms with Crippen LogP contribution in [0.2, 0.25) is 0 Å². The molecule has 0 aliphatic carbocycles. The highest BCUT2D eigenvalue weighted by atomic mass is 19.3. The average Bonchev–Trinajstić information content (AvgIpc) is 4.05. The maximum absolute atomic E-state index is 15.1. The predicted octanol–water partition coefficient (Wildman–Crippen LogP) is 5.73. The van der Waals surface area contributed by atoms with Crippen LogP contribution in [-0.4, -0.2) is 103 Å². The van der Waals surface area contributed by atoms with Crippen LogP contribution in [-0.2, 0) is 45.6 Å². The van der Waals surface area contributed by atoms with Crippen molar-refractivity contribution in [3.63, 3.8) is 0 Å². The monoisotopic (exact) mass is 886 g/mol. The molecule has 0 bridgehead atoms. The number of carbonyl (C=O) groups excluding carboxylic acids is 5.